The van der Waals surface area contributed by atoms with Gasteiger partial charge in [0, 0.05) is 39.3 Å². The second-order valence-electron chi connectivity index (χ2n) is 6.52. The molecule has 1 aromatic carbocycles. The van der Waals surface area contributed by atoms with Crippen LogP contribution in [0.5, 0.6) is 0 Å². The number of nitrogens with one attached hydrogen (secondary N) is 1. The molecule has 138 valence electrons. The molecule has 0 aliphatic carbocycles. The molecule has 0 amide bonds. The largest absolute Gasteiger partial charge is 0.369 e. The molecule has 0 radical (unpaired) electrons. The van der Waals surface area contributed by atoms with E-state index in [1.165, 1.54) is 12.0 Å². The lowest BCUT2D eigenvalue weighted by atomic mass is 10.2. The molecular weight excluding hydrogens is 324 g/mol. The highest BCUT2D eigenvalue weighted by molar-refractivity contribution is 5.48. The van der Waals surface area contributed by atoms with Crippen LogP contribution in [0.1, 0.15) is 25.3 Å². The third-order valence-electron chi connectivity index (χ3n) is 4.51. The van der Waals surface area contributed by atoms with Gasteiger partial charge in [-0.05, 0) is 12.0 Å². The minimum Gasteiger partial charge on any atom is -0.369 e. The van der Waals surface area contributed by atoms with Crippen molar-refractivity contribution in [3.8, 4) is 0 Å². The summed E-state index contributed by atoms with van der Waals surface area (Å²) in [6, 6.07) is 10.4. The monoisotopic (exact) mass is 352 g/mol. The Morgan fingerprint density at radius 3 is 2.69 bits per heavy atom. The Kier molecular flexibility index (Phi) is 6.96. The van der Waals surface area contributed by atoms with Gasteiger partial charge in [0.2, 0.25) is 5.95 Å². The van der Waals surface area contributed by atoms with Crippen molar-refractivity contribution < 1.29 is 0 Å². The maximum absolute atomic E-state index is 4.60. The molecule has 1 aliphatic rings. The second-order valence-corrected chi connectivity index (χ2v) is 6.52. The Labute approximate surface area is 156 Å². The van der Waals surface area contributed by atoms with Crippen molar-refractivity contribution >= 4 is 17.8 Å². The Balaban J connectivity index is 1.46. The zero-order chi connectivity index (χ0) is 18.0. The van der Waals surface area contributed by atoms with Gasteiger partial charge in [0.15, 0.2) is 5.82 Å². The quantitative estimate of drug-likeness (QED) is 0.737. The topological polar surface area (TPSA) is 57.2 Å². The smallest absolute Gasteiger partial charge is 0.247 e. The SMILES string of the molecule is CCCCNc1cnnc(N2CCN(C/C=C/c3ccccc3)CC2)n1. The van der Waals surface area contributed by atoms with E-state index in [1.54, 1.807) is 6.20 Å². The maximum Gasteiger partial charge on any atom is 0.247 e. The van der Waals surface area contributed by atoms with E-state index in [-0.39, 0.29) is 0 Å². The van der Waals surface area contributed by atoms with Gasteiger partial charge in [-0.15, -0.1) is 5.10 Å². The van der Waals surface area contributed by atoms with Crippen LogP contribution in [-0.4, -0.2) is 59.3 Å². The number of unbranched alkanes of at least 4 members (excludes halogenated alkanes) is 1. The van der Waals surface area contributed by atoms with Crippen LogP contribution < -0.4 is 10.2 Å². The summed E-state index contributed by atoms with van der Waals surface area (Å²) in [6.45, 7) is 7.96. The first-order chi connectivity index (χ1) is 12.8. The fourth-order valence-electron chi connectivity index (χ4n) is 2.94. The predicted molar refractivity (Wildman–Crippen MR) is 107 cm³/mol. The Hall–Kier alpha value is -2.47. The second kappa shape index (κ2) is 9.87. The van der Waals surface area contributed by atoms with Crippen LogP contribution in [0.2, 0.25) is 0 Å². The summed E-state index contributed by atoms with van der Waals surface area (Å²) in [6.07, 6.45) is 8.42. The van der Waals surface area contributed by atoms with E-state index in [0.29, 0.717) is 0 Å². The first-order valence-corrected chi connectivity index (χ1v) is 9.47. The lowest BCUT2D eigenvalue weighted by Crippen LogP contribution is -2.47. The molecule has 0 atom stereocenters. The van der Waals surface area contributed by atoms with E-state index in [1.807, 2.05) is 6.07 Å². The maximum atomic E-state index is 4.60. The van der Waals surface area contributed by atoms with Crippen LogP contribution in [0, 0.1) is 0 Å². The number of piperazine rings is 1. The van der Waals surface area contributed by atoms with E-state index in [0.717, 1.165) is 57.5 Å². The molecule has 1 aromatic heterocycles. The standard InChI is InChI=1S/C20H28N6/c1-2-3-11-21-19-17-22-24-20(23-19)26-15-13-25(14-16-26)12-7-10-18-8-5-4-6-9-18/h4-10,17H,2-3,11-16H2,1H3,(H,21,23,24)/b10-7+. The first-order valence-electron chi connectivity index (χ1n) is 9.47. The summed E-state index contributed by atoms with van der Waals surface area (Å²) in [5.41, 5.74) is 1.25. The van der Waals surface area contributed by atoms with E-state index in [9.17, 15) is 0 Å². The fourth-order valence-corrected chi connectivity index (χ4v) is 2.94. The summed E-state index contributed by atoms with van der Waals surface area (Å²) in [4.78, 5) is 9.27. The molecule has 1 fully saturated rings. The van der Waals surface area contributed by atoms with Gasteiger partial charge >= 0.3 is 0 Å². The lowest BCUT2D eigenvalue weighted by molar-refractivity contribution is 0.282. The molecule has 1 N–H and O–H groups in total. The van der Waals surface area contributed by atoms with Crippen molar-refractivity contribution in [3.63, 3.8) is 0 Å². The summed E-state index contributed by atoms with van der Waals surface area (Å²) in [5.74, 6) is 1.54. The van der Waals surface area contributed by atoms with Crippen molar-refractivity contribution in [1.29, 1.82) is 0 Å². The van der Waals surface area contributed by atoms with Gasteiger partial charge in [-0.3, -0.25) is 4.90 Å². The molecule has 6 heteroatoms. The van der Waals surface area contributed by atoms with Gasteiger partial charge in [0.25, 0.3) is 0 Å². The van der Waals surface area contributed by atoms with Crippen LogP contribution in [-0.2, 0) is 0 Å². The number of benzene rings is 1. The molecule has 1 aliphatic heterocycles. The molecule has 0 saturated carbocycles. The number of anilines is 2. The summed E-state index contributed by atoms with van der Waals surface area (Å²) >= 11 is 0. The third-order valence-corrected chi connectivity index (χ3v) is 4.51. The molecule has 6 nitrogen and oxygen atoms in total. The van der Waals surface area contributed by atoms with Crippen molar-refractivity contribution in [2.75, 3.05) is 49.5 Å². The molecule has 2 heterocycles. The van der Waals surface area contributed by atoms with E-state index >= 15 is 0 Å². The molecule has 0 bridgehead atoms. The number of nitrogens with zero attached hydrogens (tertiary/aromatic N) is 5. The van der Waals surface area contributed by atoms with E-state index in [2.05, 4.69) is 73.6 Å². The Bertz CT molecular complexity index is 680. The normalized spacial score (nSPS) is 15.5. The molecule has 0 unspecified atom stereocenters. The van der Waals surface area contributed by atoms with Crippen LogP contribution in [0.3, 0.4) is 0 Å². The van der Waals surface area contributed by atoms with Crippen molar-refractivity contribution in [2.45, 2.75) is 19.8 Å². The number of hydrogen-bond donors (Lipinski definition) is 1. The molecule has 2 aromatic rings. The van der Waals surface area contributed by atoms with Crippen LogP contribution in [0.15, 0.2) is 42.6 Å². The van der Waals surface area contributed by atoms with Crippen molar-refractivity contribution in [1.82, 2.24) is 20.1 Å². The zero-order valence-electron chi connectivity index (χ0n) is 15.5. The molecule has 26 heavy (non-hydrogen) atoms. The minimum absolute atomic E-state index is 0.728. The van der Waals surface area contributed by atoms with Gasteiger partial charge < -0.3 is 10.2 Å². The zero-order valence-corrected chi connectivity index (χ0v) is 15.5. The van der Waals surface area contributed by atoms with Crippen LogP contribution in [0.25, 0.3) is 6.08 Å². The molecular formula is C20H28N6. The lowest BCUT2D eigenvalue weighted by Gasteiger charge is -2.33. The van der Waals surface area contributed by atoms with Crippen LogP contribution in [0.4, 0.5) is 11.8 Å². The van der Waals surface area contributed by atoms with Gasteiger partial charge in [0.05, 0.1) is 6.20 Å². The summed E-state index contributed by atoms with van der Waals surface area (Å²) in [5, 5.41) is 11.6. The van der Waals surface area contributed by atoms with Gasteiger partial charge in [-0.2, -0.15) is 10.1 Å². The van der Waals surface area contributed by atoms with Gasteiger partial charge in [-0.1, -0.05) is 55.8 Å². The highest BCUT2D eigenvalue weighted by Crippen LogP contribution is 2.12. The van der Waals surface area contributed by atoms with Crippen LogP contribution >= 0.6 is 0 Å². The highest BCUT2D eigenvalue weighted by atomic mass is 15.4. The van der Waals surface area contributed by atoms with E-state index < -0.39 is 0 Å². The third kappa shape index (κ3) is 5.52. The number of aromatic nitrogens is 3. The summed E-state index contributed by atoms with van der Waals surface area (Å²) < 4.78 is 0. The molecule has 0 spiro atoms. The van der Waals surface area contributed by atoms with Crippen molar-refractivity contribution in [3.05, 3.63) is 48.2 Å². The van der Waals surface area contributed by atoms with Gasteiger partial charge in [0.1, 0.15) is 0 Å². The fraction of sp³-hybridized carbons (Fsp3) is 0.450. The number of hydrogen-bond acceptors (Lipinski definition) is 6. The highest BCUT2D eigenvalue weighted by Gasteiger charge is 2.18. The minimum atomic E-state index is 0.728. The van der Waals surface area contributed by atoms with E-state index in [4.69, 9.17) is 0 Å². The van der Waals surface area contributed by atoms with Gasteiger partial charge in [-0.25, -0.2) is 0 Å². The summed E-state index contributed by atoms with van der Waals surface area (Å²) in [7, 11) is 0. The Morgan fingerprint density at radius 1 is 1.12 bits per heavy atom. The molecule has 1 saturated heterocycles. The van der Waals surface area contributed by atoms with Crippen molar-refractivity contribution in [2.24, 2.45) is 0 Å². The predicted octanol–water partition coefficient (Wildman–Crippen LogP) is 2.92. The average molecular weight is 352 g/mol. The molecule has 3 rings (SSSR count). The average Bonchev–Trinajstić information content (AvgIpc) is 2.70. The Morgan fingerprint density at radius 2 is 1.92 bits per heavy atom. The first kappa shape index (κ1) is 18.3. The number of rotatable bonds is 8.